The van der Waals surface area contributed by atoms with E-state index in [9.17, 15) is 0 Å². The van der Waals surface area contributed by atoms with Crippen LogP contribution in [0, 0.1) is 5.92 Å². The molecule has 16 heavy (non-hydrogen) atoms. The van der Waals surface area contributed by atoms with Crippen molar-refractivity contribution in [2.45, 2.75) is 51.5 Å². The van der Waals surface area contributed by atoms with E-state index < -0.39 is 0 Å². The van der Waals surface area contributed by atoms with E-state index in [1.807, 2.05) is 11.3 Å². The third-order valence-corrected chi connectivity index (χ3v) is 4.66. The SMILES string of the molecule is CC1CCCCCC1NCCc1cccs1. The molecule has 2 heteroatoms. The Hall–Kier alpha value is -0.340. The molecular formula is C14H23NS. The predicted octanol–water partition coefficient (Wildman–Crippen LogP) is 3.85. The second-order valence-electron chi connectivity index (χ2n) is 5.01. The third-order valence-electron chi connectivity index (χ3n) is 3.72. The third kappa shape index (κ3) is 3.60. The van der Waals surface area contributed by atoms with Gasteiger partial charge in [0.2, 0.25) is 0 Å². The molecule has 2 atom stereocenters. The summed E-state index contributed by atoms with van der Waals surface area (Å²) in [6.45, 7) is 3.56. The summed E-state index contributed by atoms with van der Waals surface area (Å²) in [6.07, 6.45) is 8.28. The Kier molecular flexibility index (Phi) is 4.86. The van der Waals surface area contributed by atoms with Crippen molar-refractivity contribution in [2.75, 3.05) is 6.54 Å². The van der Waals surface area contributed by atoms with Crippen LogP contribution in [-0.4, -0.2) is 12.6 Å². The average molecular weight is 237 g/mol. The molecule has 1 aromatic rings. The Morgan fingerprint density at radius 2 is 2.19 bits per heavy atom. The van der Waals surface area contributed by atoms with E-state index in [1.54, 1.807) is 0 Å². The Morgan fingerprint density at radius 1 is 1.31 bits per heavy atom. The molecule has 2 unspecified atom stereocenters. The van der Waals surface area contributed by atoms with Crippen LogP contribution in [0.5, 0.6) is 0 Å². The first kappa shape index (κ1) is 12.1. The molecule has 1 aliphatic rings. The highest BCUT2D eigenvalue weighted by Gasteiger charge is 2.18. The molecule has 1 fully saturated rings. The number of rotatable bonds is 4. The van der Waals surface area contributed by atoms with Crippen LogP contribution < -0.4 is 5.32 Å². The lowest BCUT2D eigenvalue weighted by molar-refractivity contribution is 0.360. The molecule has 0 bridgehead atoms. The number of hydrogen-bond acceptors (Lipinski definition) is 2. The van der Waals surface area contributed by atoms with Crippen molar-refractivity contribution >= 4 is 11.3 Å². The van der Waals surface area contributed by atoms with Gasteiger partial charge in [0.25, 0.3) is 0 Å². The summed E-state index contributed by atoms with van der Waals surface area (Å²) in [6, 6.07) is 5.15. The first-order valence-electron chi connectivity index (χ1n) is 6.62. The lowest BCUT2D eigenvalue weighted by Gasteiger charge is -2.22. The van der Waals surface area contributed by atoms with E-state index >= 15 is 0 Å². The van der Waals surface area contributed by atoms with Crippen LogP contribution in [-0.2, 0) is 6.42 Å². The van der Waals surface area contributed by atoms with Crippen LogP contribution in [0.25, 0.3) is 0 Å². The molecule has 0 saturated heterocycles. The summed E-state index contributed by atoms with van der Waals surface area (Å²) >= 11 is 1.87. The summed E-state index contributed by atoms with van der Waals surface area (Å²) in [5.74, 6) is 0.867. The van der Waals surface area contributed by atoms with E-state index in [1.165, 1.54) is 43.4 Å². The van der Waals surface area contributed by atoms with Gasteiger partial charge in [-0.1, -0.05) is 32.3 Å². The Labute approximate surface area is 103 Å². The fourth-order valence-electron chi connectivity index (χ4n) is 2.63. The molecule has 0 aliphatic heterocycles. The maximum absolute atomic E-state index is 3.76. The lowest BCUT2D eigenvalue weighted by atomic mass is 9.97. The largest absolute Gasteiger partial charge is 0.313 e. The highest BCUT2D eigenvalue weighted by molar-refractivity contribution is 7.09. The summed E-state index contributed by atoms with van der Waals surface area (Å²) in [4.78, 5) is 1.51. The highest BCUT2D eigenvalue weighted by atomic mass is 32.1. The van der Waals surface area contributed by atoms with E-state index in [2.05, 4.69) is 29.8 Å². The second kappa shape index (κ2) is 6.41. The quantitative estimate of drug-likeness (QED) is 0.784. The van der Waals surface area contributed by atoms with E-state index in [0.717, 1.165) is 18.5 Å². The van der Waals surface area contributed by atoms with Crippen molar-refractivity contribution in [3.05, 3.63) is 22.4 Å². The number of nitrogens with one attached hydrogen (secondary N) is 1. The van der Waals surface area contributed by atoms with Crippen molar-refractivity contribution in [2.24, 2.45) is 5.92 Å². The minimum atomic E-state index is 0.766. The van der Waals surface area contributed by atoms with Gasteiger partial charge in [-0.15, -0.1) is 11.3 Å². The van der Waals surface area contributed by atoms with Crippen LogP contribution in [0.1, 0.15) is 43.9 Å². The molecular weight excluding hydrogens is 214 g/mol. The second-order valence-corrected chi connectivity index (χ2v) is 6.04. The van der Waals surface area contributed by atoms with Gasteiger partial charge in [-0.25, -0.2) is 0 Å². The summed E-state index contributed by atoms with van der Waals surface area (Å²) in [5, 5.41) is 5.93. The molecule has 2 rings (SSSR count). The highest BCUT2D eigenvalue weighted by Crippen LogP contribution is 2.22. The molecule has 0 amide bonds. The topological polar surface area (TPSA) is 12.0 Å². The smallest absolute Gasteiger partial charge is 0.00928 e. The molecule has 1 nitrogen and oxygen atoms in total. The first-order valence-corrected chi connectivity index (χ1v) is 7.50. The minimum Gasteiger partial charge on any atom is -0.313 e. The molecule has 1 saturated carbocycles. The van der Waals surface area contributed by atoms with Gasteiger partial charge in [0.1, 0.15) is 0 Å². The zero-order chi connectivity index (χ0) is 11.2. The molecule has 0 spiro atoms. The molecule has 1 heterocycles. The molecule has 1 aromatic heterocycles. The van der Waals surface area contributed by atoms with Gasteiger partial charge in [0.05, 0.1) is 0 Å². The van der Waals surface area contributed by atoms with Crippen molar-refractivity contribution in [3.63, 3.8) is 0 Å². The molecule has 1 N–H and O–H groups in total. The van der Waals surface area contributed by atoms with Gasteiger partial charge in [-0.05, 0) is 36.6 Å². The maximum atomic E-state index is 3.76. The van der Waals surface area contributed by atoms with Crippen LogP contribution in [0.15, 0.2) is 17.5 Å². The van der Waals surface area contributed by atoms with Gasteiger partial charge in [0.15, 0.2) is 0 Å². The summed E-state index contributed by atoms with van der Waals surface area (Å²) in [7, 11) is 0. The van der Waals surface area contributed by atoms with Crippen LogP contribution in [0.4, 0.5) is 0 Å². The average Bonchev–Trinajstić information content (AvgIpc) is 2.71. The predicted molar refractivity (Wildman–Crippen MR) is 72.1 cm³/mol. The van der Waals surface area contributed by atoms with E-state index in [0.29, 0.717) is 0 Å². The van der Waals surface area contributed by atoms with Crippen LogP contribution >= 0.6 is 11.3 Å². The normalized spacial score (nSPS) is 26.6. The van der Waals surface area contributed by atoms with Gasteiger partial charge < -0.3 is 5.32 Å². The van der Waals surface area contributed by atoms with Gasteiger partial charge in [-0.3, -0.25) is 0 Å². The summed E-state index contributed by atoms with van der Waals surface area (Å²) < 4.78 is 0. The lowest BCUT2D eigenvalue weighted by Crippen LogP contribution is -2.35. The fraction of sp³-hybridized carbons (Fsp3) is 0.714. The monoisotopic (exact) mass is 237 g/mol. The molecule has 0 aromatic carbocycles. The molecule has 90 valence electrons. The minimum absolute atomic E-state index is 0.766. The van der Waals surface area contributed by atoms with Crippen LogP contribution in [0.3, 0.4) is 0 Å². The standard InChI is InChI=1S/C14H23NS/c1-12-6-3-2-4-8-14(12)15-10-9-13-7-5-11-16-13/h5,7,11-12,14-15H,2-4,6,8-10H2,1H3. The fourth-order valence-corrected chi connectivity index (χ4v) is 3.34. The Bertz CT molecular complexity index is 281. The van der Waals surface area contributed by atoms with Crippen LogP contribution in [0.2, 0.25) is 0 Å². The Morgan fingerprint density at radius 3 is 3.00 bits per heavy atom. The van der Waals surface area contributed by atoms with Gasteiger partial charge in [-0.2, -0.15) is 0 Å². The maximum Gasteiger partial charge on any atom is 0.00928 e. The zero-order valence-electron chi connectivity index (χ0n) is 10.2. The first-order chi connectivity index (χ1) is 7.86. The van der Waals surface area contributed by atoms with Crippen molar-refractivity contribution < 1.29 is 0 Å². The summed E-state index contributed by atoms with van der Waals surface area (Å²) in [5.41, 5.74) is 0. The molecule has 1 aliphatic carbocycles. The zero-order valence-corrected chi connectivity index (χ0v) is 11.1. The van der Waals surface area contributed by atoms with E-state index in [4.69, 9.17) is 0 Å². The van der Waals surface area contributed by atoms with Crippen molar-refractivity contribution in [3.8, 4) is 0 Å². The van der Waals surface area contributed by atoms with E-state index in [-0.39, 0.29) is 0 Å². The van der Waals surface area contributed by atoms with Gasteiger partial charge in [0, 0.05) is 17.5 Å². The number of hydrogen-bond donors (Lipinski definition) is 1. The number of thiophene rings is 1. The Balaban J connectivity index is 1.71. The van der Waals surface area contributed by atoms with Crippen molar-refractivity contribution in [1.82, 2.24) is 5.32 Å². The molecule has 0 radical (unpaired) electrons. The van der Waals surface area contributed by atoms with Gasteiger partial charge >= 0.3 is 0 Å². The van der Waals surface area contributed by atoms with Crippen molar-refractivity contribution in [1.29, 1.82) is 0 Å².